The van der Waals surface area contributed by atoms with Gasteiger partial charge in [0.15, 0.2) is 0 Å². The molecule has 3 aromatic carbocycles. The van der Waals surface area contributed by atoms with Crippen LogP contribution in [0.4, 0.5) is 0 Å². The zero-order valence-corrected chi connectivity index (χ0v) is 17.0. The second kappa shape index (κ2) is 8.52. The van der Waals surface area contributed by atoms with Crippen LogP contribution in [0, 0.1) is 5.92 Å². The van der Waals surface area contributed by atoms with E-state index in [1.807, 2.05) is 0 Å². The molecule has 3 fully saturated rings. The van der Waals surface area contributed by atoms with Crippen LogP contribution in [0.5, 0.6) is 0 Å². The van der Waals surface area contributed by atoms with Gasteiger partial charge in [-0.1, -0.05) is 91.0 Å². The molecule has 3 aliphatic heterocycles. The minimum absolute atomic E-state index is 0.397. The molecule has 2 nitrogen and oxygen atoms in total. The summed E-state index contributed by atoms with van der Waals surface area (Å²) in [6, 6.07) is 34.1. The molecular formula is C27H30N2. The molecule has 0 aliphatic carbocycles. The van der Waals surface area contributed by atoms with Gasteiger partial charge in [0.1, 0.15) is 0 Å². The maximum atomic E-state index is 4.00. The van der Waals surface area contributed by atoms with E-state index < -0.39 is 0 Å². The minimum atomic E-state index is 0.397. The van der Waals surface area contributed by atoms with Crippen molar-refractivity contribution in [3.8, 4) is 0 Å². The molecule has 2 bridgehead atoms. The van der Waals surface area contributed by atoms with Gasteiger partial charge in [-0.15, -0.1) is 0 Å². The van der Waals surface area contributed by atoms with Crippen molar-refractivity contribution in [2.75, 3.05) is 13.1 Å². The van der Waals surface area contributed by atoms with E-state index in [0.29, 0.717) is 18.0 Å². The third kappa shape index (κ3) is 3.88. The highest BCUT2D eigenvalue weighted by atomic mass is 15.2. The summed E-state index contributed by atoms with van der Waals surface area (Å²) in [5.74, 6) is 1.16. The Morgan fingerprint density at radius 1 is 0.724 bits per heavy atom. The average Bonchev–Trinajstić information content (AvgIpc) is 2.81. The van der Waals surface area contributed by atoms with Crippen LogP contribution in [0.25, 0.3) is 0 Å². The average molecular weight is 383 g/mol. The molecule has 3 saturated heterocycles. The highest BCUT2D eigenvalue weighted by molar-refractivity contribution is 5.36. The molecule has 6 rings (SSSR count). The van der Waals surface area contributed by atoms with Gasteiger partial charge in [0.05, 0.1) is 0 Å². The number of hydrogen-bond acceptors (Lipinski definition) is 2. The molecule has 1 N–H and O–H groups in total. The molecule has 1 unspecified atom stereocenters. The molecule has 0 spiro atoms. The number of rotatable bonds is 6. The van der Waals surface area contributed by atoms with E-state index in [2.05, 4.69) is 101 Å². The summed E-state index contributed by atoms with van der Waals surface area (Å²) in [5.41, 5.74) is 4.24. The Balaban J connectivity index is 1.50. The standard InChI is InChI=1S/C27H30N2/c1-4-10-21(11-5-1)20-28-26-24-16-18-29(19-17-24)27(26)25(22-12-6-2-7-13-22)23-14-8-3-9-15-23/h1-15,24-28H,16-20H2/t26?,27-/m0/s1. The molecule has 3 aliphatic rings. The van der Waals surface area contributed by atoms with Gasteiger partial charge in [0, 0.05) is 24.5 Å². The van der Waals surface area contributed by atoms with Gasteiger partial charge in [-0.25, -0.2) is 0 Å². The monoisotopic (exact) mass is 382 g/mol. The Labute approximate surface area is 174 Å². The van der Waals surface area contributed by atoms with Crippen molar-refractivity contribution in [1.29, 1.82) is 0 Å². The molecule has 0 radical (unpaired) electrons. The summed E-state index contributed by atoms with van der Waals surface area (Å²) in [6.07, 6.45) is 2.64. The summed E-state index contributed by atoms with van der Waals surface area (Å²) in [4.78, 5) is 2.76. The van der Waals surface area contributed by atoms with Crippen LogP contribution >= 0.6 is 0 Å². The van der Waals surface area contributed by atoms with Gasteiger partial charge in [0.2, 0.25) is 0 Å². The normalized spacial score (nSPS) is 26.0. The van der Waals surface area contributed by atoms with Crippen molar-refractivity contribution in [3.63, 3.8) is 0 Å². The van der Waals surface area contributed by atoms with E-state index in [1.54, 1.807) is 0 Å². The molecule has 3 aromatic rings. The highest BCUT2D eigenvalue weighted by Crippen LogP contribution is 2.42. The first-order chi connectivity index (χ1) is 14.4. The Morgan fingerprint density at radius 3 is 1.79 bits per heavy atom. The highest BCUT2D eigenvalue weighted by Gasteiger charge is 2.46. The van der Waals surface area contributed by atoms with E-state index in [0.717, 1.165) is 12.5 Å². The van der Waals surface area contributed by atoms with Crippen LogP contribution < -0.4 is 5.32 Å². The van der Waals surface area contributed by atoms with Gasteiger partial charge in [-0.05, 0) is 48.5 Å². The number of fused-ring (bicyclic) bond motifs is 3. The zero-order valence-electron chi connectivity index (χ0n) is 17.0. The van der Waals surface area contributed by atoms with E-state index in [4.69, 9.17) is 0 Å². The van der Waals surface area contributed by atoms with Crippen molar-refractivity contribution >= 4 is 0 Å². The smallest absolute Gasteiger partial charge is 0.0361 e. The summed E-state index contributed by atoms with van der Waals surface area (Å²) in [6.45, 7) is 3.41. The van der Waals surface area contributed by atoms with E-state index in [1.165, 1.54) is 42.6 Å². The second-order valence-electron chi connectivity index (χ2n) is 8.56. The fourth-order valence-corrected chi connectivity index (χ4v) is 5.53. The third-order valence-electron chi connectivity index (χ3n) is 6.92. The third-order valence-corrected chi connectivity index (χ3v) is 6.92. The Morgan fingerprint density at radius 2 is 1.24 bits per heavy atom. The van der Waals surface area contributed by atoms with Crippen LogP contribution in [0.15, 0.2) is 91.0 Å². The Kier molecular flexibility index (Phi) is 5.47. The van der Waals surface area contributed by atoms with Crippen LogP contribution in [-0.2, 0) is 6.54 Å². The zero-order chi connectivity index (χ0) is 19.5. The largest absolute Gasteiger partial charge is 0.308 e. The van der Waals surface area contributed by atoms with Crippen molar-refractivity contribution < 1.29 is 0 Å². The van der Waals surface area contributed by atoms with Crippen LogP contribution in [0.1, 0.15) is 35.4 Å². The number of hydrogen-bond donors (Lipinski definition) is 1. The predicted octanol–water partition coefficient (Wildman–Crippen LogP) is 5.07. The maximum Gasteiger partial charge on any atom is 0.0361 e. The van der Waals surface area contributed by atoms with Crippen LogP contribution in [0.2, 0.25) is 0 Å². The lowest BCUT2D eigenvalue weighted by atomic mass is 9.70. The lowest BCUT2D eigenvalue weighted by Gasteiger charge is -2.54. The fourth-order valence-electron chi connectivity index (χ4n) is 5.53. The minimum Gasteiger partial charge on any atom is -0.308 e. The van der Waals surface area contributed by atoms with E-state index in [-0.39, 0.29) is 0 Å². The van der Waals surface area contributed by atoms with Gasteiger partial charge in [-0.2, -0.15) is 0 Å². The molecule has 29 heavy (non-hydrogen) atoms. The van der Waals surface area contributed by atoms with Crippen molar-refractivity contribution in [2.24, 2.45) is 5.92 Å². The maximum absolute atomic E-state index is 4.00. The van der Waals surface area contributed by atoms with Gasteiger partial charge < -0.3 is 5.32 Å². The molecular weight excluding hydrogens is 352 g/mol. The van der Waals surface area contributed by atoms with Gasteiger partial charge in [-0.3, -0.25) is 4.90 Å². The number of benzene rings is 3. The van der Waals surface area contributed by atoms with Crippen LogP contribution in [-0.4, -0.2) is 30.1 Å². The predicted molar refractivity (Wildman–Crippen MR) is 120 cm³/mol. The number of nitrogens with zero attached hydrogens (tertiary/aromatic N) is 1. The van der Waals surface area contributed by atoms with E-state index >= 15 is 0 Å². The molecule has 0 amide bonds. The first kappa shape index (κ1) is 18.6. The molecule has 0 aromatic heterocycles. The van der Waals surface area contributed by atoms with Crippen LogP contribution in [0.3, 0.4) is 0 Å². The quantitative estimate of drug-likeness (QED) is 0.640. The molecule has 2 atom stereocenters. The number of piperidine rings is 3. The second-order valence-corrected chi connectivity index (χ2v) is 8.56. The topological polar surface area (TPSA) is 15.3 Å². The molecule has 3 heterocycles. The molecule has 2 heteroatoms. The number of nitrogens with one attached hydrogen (secondary N) is 1. The first-order valence-corrected chi connectivity index (χ1v) is 11.0. The molecule has 0 saturated carbocycles. The van der Waals surface area contributed by atoms with Gasteiger partial charge >= 0.3 is 0 Å². The summed E-state index contributed by atoms with van der Waals surface area (Å²) >= 11 is 0. The van der Waals surface area contributed by atoms with Crippen molar-refractivity contribution in [1.82, 2.24) is 10.2 Å². The van der Waals surface area contributed by atoms with Crippen molar-refractivity contribution in [2.45, 2.75) is 37.4 Å². The van der Waals surface area contributed by atoms with Gasteiger partial charge in [0.25, 0.3) is 0 Å². The van der Waals surface area contributed by atoms with Crippen molar-refractivity contribution in [3.05, 3.63) is 108 Å². The Hall–Kier alpha value is -2.42. The first-order valence-electron chi connectivity index (χ1n) is 11.0. The summed E-state index contributed by atoms with van der Waals surface area (Å²) < 4.78 is 0. The Bertz CT molecular complexity index is 846. The fraction of sp³-hybridized carbons (Fsp3) is 0.333. The molecule has 148 valence electrons. The lowest BCUT2D eigenvalue weighted by molar-refractivity contribution is 0.00468. The summed E-state index contributed by atoms with van der Waals surface area (Å²) in [5, 5.41) is 4.00. The van der Waals surface area contributed by atoms with E-state index in [9.17, 15) is 0 Å². The SMILES string of the molecule is c1ccc(CNC2C3CCN(CC3)[C@H]2C(c2ccccc2)c2ccccc2)cc1. The lowest BCUT2D eigenvalue weighted by Crippen LogP contribution is -2.64. The summed E-state index contributed by atoms with van der Waals surface area (Å²) in [7, 11) is 0.